The third kappa shape index (κ3) is 4.74. The van der Waals surface area contributed by atoms with Crippen LogP contribution in [0.3, 0.4) is 0 Å². The van der Waals surface area contributed by atoms with E-state index in [2.05, 4.69) is 14.9 Å². The number of nitrogens with zero attached hydrogens (tertiary/aromatic N) is 2. The summed E-state index contributed by atoms with van der Waals surface area (Å²) in [6, 6.07) is 0. The van der Waals surface area contributed by atoms with Crippen molar-refractivity contribution in [3.63, 3.8) is 0 Å². The van der Waals surface area contributed by atoms with Crippen molar-refractivity contribution in [1.82, 2.24) is 14.9 Å². The molecule has 1 N–H and O–H groups in total. The minimum atomic E-state index is 0.663. The van der Waals surface area contributed by atoms with Gasteiger partial charge in [0.1, 0.15) is 5.82 Å². The van der Waals surface area contributed by atoms with Crippen molar-refractivity contribution in [3.05, 3.63) is 18.2 Å². The summed E-state index contributed by atoms with van der Waals surface area (Å²) in [4.78, 5) is 4.27. The first-order valence-corrected chi connectivity index (χ1v) is 5.59. The van der Waals surface area contributed by atoms with E-state index in [1.54, 1.807) is 7.11 Å². The number of rotatable bonds is 9. The van der Waals surface area contributed by atoms with Gasteiger partial charge in [0.2, 0.25) is 0 Å². The number of aryl methyl sites for hydroxylation is 1. The van der Waals surface area contributed by atoms with Gasteiger partial charge in [-0.2, -0.15) is 0 Å². The van der Waals surface area contributed by atoms with Crippen molar-refractivity contribution in [2.75, 3.05) is 34.0 Å². The molecule has 1 aromatic rings. The standard InChI is InChI=1S/C11H21N3O2/c1-12-10-11-13-4-6-14(11)5-3-7-16-9-8-15-2/h4,6,12H,3,5,7-10H2,1-2H3. The van der Waals surface area contributed by atoms with Gasteiger partial charge in [-0.3, -0.25) is 0 Å². The monoisotopic (exact) mass is 227 g/mol. The Morgan fingerprint density at radius 2 is 2.25 bits per heavy atom. The van der Waals surface area contributed by atoms with Gasteiger partial charge in [0, 0.05) is 32.7 Å². The smallest absolute Gasteiger partial charge is 0.122 e. The van der Waals surface area contributed by atoms with Gasteiger partial charge in [-0.05, 0) is 13.5 Å². The Kier molecular flexibility index (Phi) is 6.80. The van der Waals surface area contributed by atoms with Gasteiger partial charge >= 0.3 is 0 Å². The highest BCUT2D eigenvalue weighted by atomic mass is 16.5. The van der Waals surface area contributed by atoms with Crippen LogP contribution in [0, 0.1) is 0 Å². The van der Waals surface area contributed by atoms with E-state index in [9.17, 15) is 0 Å². The summed E-state index contributed by atoms with van der Waals surface area (Å²) in [7, 11) is 3.60. The van der Waals surface area contributed by atoms with Crippen LogP contribution < -0.4 is 5.32 Å². The molecule has 0 saturated heterocycles. The molecule has 0 radical (unpaired) electrons. The molecule has 0 spiro atoms. The molecule has 0 amide bonds. The summed E-state index contributed by atoms with van der Waals surface area (Å²) in [5.74, 6) is 1.07. The average molecular weight is 227 g/mol. The highest BCUT2D eigenvalue weighted by molar-refractivity contribution is 4.91. The van der Waals surface area contributed by atoms with Crippen molar-refractivity contribution in [2.24, 2.45) is 0 Å². The normalized spacial score (nSPS) is 10.9. The third-order valence-corrected chi connectivity index (χ3v) is 2.26. The van der Waals surface area contributed by atoms with Crippen LogP contribution in [0.1, 0.15) is 12.2 Å². The number of nitrogens with one attached hydrogen (secondary N) is 1. The third-order valence-electron chi connectivity index (χ3n) is 2.26. The van der Waals surface area contributed by atoms with E-state index in [1.807, 2.05) is 19.4 Å². The molecular weight excluding hydrogens is 206 g/mol. The van der Waals surface area contributed by atoms with E-state index >= 15 is 0 Å². The maximum Gasteiger partial charge on any atom is 0.122 e. The second-order valence-corrected chi connectivity index (χ2v) is 3.53. The Morgan fingerprint density at radius 1 is 1.38 bits per heavy atom. The predicted octanol–water partition coefficient (Wildman–Crippen LogP) is 0.656. The fourth-order valence-electron chi connectivity index (χ4n) is 1.45. The molecule has 1 heterocycles. The van der Waals surface area contributed by atoms with E-state index < -0.39 is 0 Å². The molecule has 5 heteroatoms. The van der Waals surface area contributed by atoms with E-state index in [0.29, 0.717) is 13.2 Å². The molecule has 92 valence electrons. The molecule has 0 aliphatic heterocycles. The number of hydrogen-bond donors (Lipinski definition) is 1. The molecule has 1 rings (SSSR count). The Bertz CT molecular complexity index is 276. The molecule has 16 heavy (non-hydrogen) atoms. The molecule has 0 aromatic carbocycles. The number of aromatic nitrogens is 2. The average Bonchev–Trinajstić information content (AvgIpc) is 2.72. The van der Waals surface area contributed by atoms with Crippen molar-refractivity contribution < 1.29 is 9.47 Å². The van der Waals surface area contributed by atoms with Gasteiger partial charge in [-0.15, -0.1) is 0 Å². The summed E-state index contributed by atoms with van der Waals surface area (Å²) in [5, 5.41) is 3.10. The van der Waals surface area contributed by atoms with Crippen molar-refractivity contribution in [2.45, 2.75) is 19.5 Å². The molecule has 0 saturated carbocycles. The highest BCUT2D eigenvalue weighted by Gasteiger charge is 2.00. The fraction of sp³-hybridized carbons (Fsp3) is 0.727. The van der Waals surface area contributed by atoms with Crippen LogP contribution in [-0.4, -0.2) is 43.5 Å². The Hall–Kier alpha value is -0.910. The van der Waals surface area contributed by atoms with Gasteiger partial charge in [-0.1, -0.05) is 0 Å². The number of ether oxygens (including phenoxy) is 2. The lowest BCUT2D eigenvalue weighted by Crippen LogP contribution is -2.13. The molecule has 1 aromatic heterocycles. The first-order valence-electron chi connectivity index (χ1n) is 5.59. The van der Waals surface area contributed by atoms with Crippen LogP contribution in [0.2, 0.25) is 0 Å². The molecule has 0 unspecified atom stereocenters. The number of imidazole rings is 1. The summed E-state index contributed by atoms with van der Waals surface area (Å²) >= 11 is 0. The lowest BCUT2D eigenvalue weighted by Gasteiger charge is -2.07. The van der Waals surface area contributed by atoms with Gasteiger partial charge in [0.25, 0.3) is 0 Å². The first kappa shape index (κ1) is 13.2. The lowest BCUT2D eigenvalue weighted by atomic mass is 10.4. The van der Waals surface area contributed by atoms with Crippen LogP contribution in [0.4, 0.5) is 0 Å². The second-order valence-electron chi connectivity index (χ2n) is 3.53. The SMILES string of the molecule is CNCc1nccn1CCCOCCOC. The summed E-state index contributed by atoms with van der Waals surface area (Å²) in [6.45, 7) is 3.85. The molecule has 0 aliphatic carbocycles. The summed E-state index contributed by atoms with van der Waals surface area (Å²) in [5.41, 5.74) is 0. The molecule has 0 aliphatic rings. The van der Waals surface area contributed by atoms with Crippen LogP contribution >= 0.6 is 0 Å². The minimum absolute atomic E-state index is 0.663. The summed E-state index contributed by atoms with van der Waals surface area (Å²) in [6.07, 6.45) is 4.83. The highest BCUT2D eigenvalue weighted by Crippen LogP contribution is 1.99. The fourth-order valence-corrected chi connectivity index (χ4v) is 1.45. The van der Waals surface area contributed by atoms with E-state index in [4.69, 9.17) is 9.47 Å². The number of hydrogen-bond acceptors (Lipinski definition) is 4. The zero-order chi connectivity index (χ0) is 11.6. The summed E-state index contributed by atoms with van der Waals surface area (Å²) < 4.78 is 12.4. The van der Waals surface area contributed by atoms with Crippen LogP contribution in [0.15, 0.2) is 12.4 Å². The Balaban J connectivity index is 2.13. The van der Waals surface area contributed by atoms with E-state index in [-0.39, 0.29) is 0 Å². The largest absolute Gasteiger partial charge is 0.382 e. The second kappa shape index (κ2) is 8.27. The van der Waals surface area contributed by atoms with Gasteiger partial charge < -0.3 is 19.4 Å². The van der Waals surface area contributed by atoms with Crippen LogP contribution in [0.5, 0.6) is 0 Å². The van der Waals surface area contributed by atoms with Gasteiger partial charge in [-0.25, -0.2) is 4.98 Å². The van der Waals surface area contributed by atoms with Gasteiger partial charge in [0.05, 0.1) is 19.8 Å². The van der Waals surface area contributed by atoms with Crippen molar-refractivity contribution in [3.8, 4) is 0 Å². The topological polar surface area (TPSA) is 48.3 Å². The zero-order valence-corrected chi connectivity index (χ0v) is 10.1. The first-order chi connectivity index (χ1) is 7.88. The molecule has 0 bridgehead atoms. The zero-order valence-electron chi connectivity index (χ0n) is 10.1. The van der Waals surface area contributed by atoms with Crippen molar-refractivity contribution >= 4 is 0 Å². The molecular formula is C11H21N3O2. The van der Waals surface area contributed by atoms with Gasteiger partial charge in [0.15, 0.2) is 0 Å². The number of methoxy groups -OCH3 is 1. The quantitative estimate of drug-likeness (QED) is 0.629. The van der Waals surface area contributed by atoms with E-state index in [0.717, 1.165) is 31.9 Å². The molecule has 0 atom stereocenters. The maximum absolute atomic E-state index is 5.40. The Labute approximate surface area is 96.8 Å². The van der Waals surface area contributed by atoms with Crippen molar-refractivity contribution in [1.29, 1.82) is 0 Å². The Morgan fingerprint density at radius 3 is 3.00 bits per heavy atom. The minimum Gasteiger partial charge on any atom is -0.382 e. The van der Waals surface area contributed by atoms with Crippen LogP contribution in [-0.2, 0) is 22.6 Å². The van der Waals surface area contributed by atoms with Crippen LogP contribution in [0.25, 0.3) is 0 Å². The molecule has 5 nitrogen and oxygen atoms in total. The molecule has 0 fully saturated rings. The maximum atomic E-state index is 5.40. The predicted molar refractivity (Wildman–Crippen MR) is 62.3 cm³/mol. The van der Waals surface area contributed by atoms with E-state index in [1.165, 1.54) is 0 Å². The lowest BCUT2D eigenvalue weighted by molar-refractivity contribution is 0.0679.